The second kappa shape index (κ2) is 7.95. The van der Waals surface area contributed by atoms with Gasteiger partial charge in [-0.3, -0.25) is 0 Å². The van der Waals surface area contributed by atoms with Gasteiger partial charge in [0.2, 0.25) is 0 Å². The van der Waals surface area contributed by atoms with Crippen LogP contribution in [0, 0.1) is 0 Å². The summed E-state index contributed by atoms with van der Waals surface area (Å²) in [6.45, 7) is 0.718. The maximum Gasteiger partial charge on any atom is 0.505 e. The first kappa shape index (κ1) is 19.4. The van der Waals surface area contributed by atoms with Crippen molar-refractivity contribution in [1.82, 2.24) is 4.90 Å². The Hall–Kier alpha value is -0.950. The summed E-state index contributed by atoms with van der Waals surface area (Å²) >= 11 is 0. The molecule has 8 heteroatoms. The monoisotopic (exact) mass is 359 g/mol. The Morgan fingerprint density at radius 2 is 1.75 bits per heavy atom. The standard InChI is InChI=1S/C16H26NO6P/c1-17(2)12-15(16(18)10-4-3-5-11-16)13-6-8-14(9-7-13)22-23-24(19,20)21/h6-9,15,18H,3-5,10-12H2,1-2H3,(H2,19,20,21). The zero-order valence-corrected chi connectivity index (χ0v) is 15.0. The summed E-state index contributed by atoms with van der Waals surface area (Å²) in [7, 11) is -0.729. The third-order valence-corrected chi connectivity index (χ3v) is 4.70. The molecule has 0 bridgehead atoms. The lowest BCUT2D eigenvalue weighted by molar-refractivity contribution is -0.122. The molecule has 24 heavy (non-hydrogen) atoms. The number of hydrogen-bond donors (Lipinski definition) is 3. The smallest absolute Gasteiger partial charge is 0.389 e. The molecule has 1 unspecified atom stereocenters. The highest BCUT2D eigenvalue weighted by Gasteiger charge is 2.38. The summed E-state index contributed by atoms with van der Waals surface area (Å²) in [5.74, 6) is 0.158. The highest BCUT2D eigenvalue weighted by molar-refractivity contribution is 7.46. The molecule has 2 rings (SSSR count). The largest absolute Gasteiger partial charge is 0.505 e. The van der Waals surface area contributed by atoms with Crippen molar-refractivity contribution in [3.05, 3.63) is 29.8 Å². The van der Waals surface area contributed by atoms with Crippen LogP contribution in [0.5, 0.6) is 5.75 Å². The van der Waals surface area contributed by atoms with Gasteiger partial charge in [0.05, 0.1) is 5.60 Å². The van der Waals surface area contributed by atoms with Gasteiger partial charge in [-0.2, -0.15) is 0 Å². The van der Waals surface area contributed by atoms with Crippen LogP contribution in [0.4, 0.5) is 0 Å². The second-order valence-electron chi connectivity index (χ2n) is 6.70. The van der Waals surface area contributed by atoms with Crippen LogP contribution in [0.2, 0.25) is 0 Å². The summed E-state index contributed by atoms with van der Waals surface area (Å²) in [5.41, 5.74) is 0.240. The summed E-state index contributed by atoms with van der Waals surface area (Å²) in [4.78, 5) is 24.0. The number of benzene rings is 1. The van der Waals surface area contributed by atoms with Gasteiger partial charge in [-0.1, -0.05) is 36.1 Å². The quantitative estimate of drug-likeness (QED) is 0.391. The third-order valence-electron chi connectivity index (χ3n) is 4.43. The Kier molecular flexibility index (Phi) is 6.42. The van der Waals surface area contributed by atoms with E-state index >= 15 is 0 Å². The highest BCUT2D eigenvalue weighted by Crippen LogP contribution is 2.41. The van der Waals surface area contributed by atoms with E-state index in [0.29, 0.717) is 0 Å². The van der Waals surface area contributed by atoms with Crippen molar-refractivity contribution in [2.45, 2.75) is 43.6 Å². The van der Waals surface area contributed by atoms with Gasteiger partial charge in [-0.15, -0.1) is 0 Å². The molecule has 7 nitrogen and oxygen atoms in total. The number of hydrogen-bond acceptors (Lipinski definition) is 5. The maximum absolute atomic E-state index is 11.1. The molecule has 0 amide bonds. The van der Waals surface area contributed by atoms with E-state index in [1.807, 2.05) is 14.1 Å². The lowest BCUT2D eigenvalue weighted by atomic mass is 9.72. The van der Waals surface area contributed by atoms with E-state index in [2.05, 4.69) is 14.5 Å². The molecule has 1 aromatic rings. The van der Waals surface area contributed by atoms with Crippen molar-refractivity contribution in [1.29, 1.82) is 0 Å². The van der Waals surface area contributed by atoms with Crippen LogP contribution < -0.4 is 4.89 Å². The van der Waals surface area contributed by atoms with Crippen LogP contribution in [0.1, 0.15) is 43.6 Å². The Balaban J connectivity index is 2.15. The molecule has 0 heterocycles. The van der Waals surface area contributed by atoms with Crippen molar-refractivity contribution in [2.75, 3.05) is 20.6 Å². The number of aliphatic hydroxyl groups is 1. The normalized spacial score (nSPS) is 19.2. The minimum Gasteiger partial charge on any atom is -0.389 e. The molecule has 0 saturated heterocycles. The van der Waals surface area contributed by atoms with Crippen molar-refractivity contribution in [3.63, 3.8) is 0 Å². The minimum atomic E-state index is -4.68. The Morgan fingerprint density at radius 1 is 1.17 bits per heavy atom. The zero-order valence-electron chi connectivity index (χ0n) is 14.1. The fourth-order valence-electron chi connectivity index (χ4n) is 3.31. The molecule has 0 aromatic heterocycles. The lowest BCUT2D eigenvalue weighted by Gasteiger charge is -2.40. The van der Waals surface area contributed by atoms with E-state index in [1.165, 1.54) is 0 Å². The van der Waals surface area contributed by atoms with Crippen LogP contribution in [0.15, 0.2) is 24.3 Å². The van der Waals surface area contributed by atoms with Gasteiger partial charge < -0.3 is 24.7 Å². The predicted molar refractivity (Wildman–Crippen MR) is 89.5 cm³/mol. The molecule has 0 radical (unpaired) electrons. The van der Waals surface area contributed by atoms with Crippen LogP contribution in [-0.4, -0.2) is 46.0 Å². The van der Waals surface area contributed by atoms with Crippen molar-refractivity contribution in [2.24, 2.45) is 0 Å². The first-order chi connectivity index (χ1) is 11.2. The predicted octanol–water partition coefficient (Wildman–Crippen LogP) is 2.43. The van der Waals surface area contributed by atoms with Gasteiger partial charge in [-0.05, 0) is 44.6 Å². The molecule has 0 aliphatic heterocycles. The first-order valence-electron chi connectivity index (χ1n) is 8.08. The van der Waals surface area contributed by atoms with Gasteiger partial charge >= 0.3 is 7.82 Å². The Labute approximate surface area is 142 Å². The Bertz CT molecular complexity index is 564. The minimum absolute atomic E-state index is 0.0375. The molecular formula is C16H26NO6P. The first-order valence-corrected chi connectivity index (χ1v) is 9.61. The van der Waals surface area contributed by atoms with Crippen molar-refractivity contribution < 1.29 is 29.0 Å². The van der Waals surface area contributed by atoms with E-state index in [9.17, 15) is 9.67 Å². The molecule has 1 atom stereocenters. The average Bonchev–Trinajstić information content (AvgIpc) is 2.51. The van der Waals surface area contributed by atoms with Crippen LogP contribution in [0.3, 0.4) is 0 Å². The van der Waals surface area contributed by atoms with Crippen LogP contribution >= 0.6 is 7.82 Å². The molecule has 1 saturated carbocycles. The van der Waals surface area contributed by atoms with Gasteiger partial charge in [0.15, 0.2) is 5.75 Å². The van der Waals surface area contributed by atoms with E-state index < -0.39 is 13.4 Å². The van der Waals surface area contributed by atoms with E-state index in [0.717, 1.165) is 44.2 Å². The van der Waals surface area contributed by atoms with Gasteiger partial charge in [0.1, 0.15) is 0 Å². The van der Waals surface area contributed by atoms with E-state index in [-0.39, 0.29) is 11.7 Å². The molecule has 136 valence electrons. The number of phosphoric acid groups is 1. The highest BCUT2D eigenvalue weighted by atomic mass is 31.2. The molecule has 0 spiro atoms. The van der Waals surface area contributed by atoms with E-state index in [1.54, 1.807) is 24.3 Å². The van der Waals surface area contributed by atoms with Crippen molar-refractivity contribution in [3.8, 4) is 5.75 Å². The van der Waals surface area contributed by atoms with Crippen molar-refractivity contribution >= 4 is 7.82 Å². The lowest BCUT2D eigenvalue weighted by Crippen LogP contribution is -2.42. The van der Waals surface area contributed by atoms with Crippen LogP contribution in [0.25, 0.3) is 0 Å². The van der Waals surface area contributed by atoms with E-state index in [4.69, 9.17) is 9.79 Å². The van der Waals surface area contributed by atoms with Gasteiger partial charge in [0, 0.05) is 12.5 Å². The topological polar surface area (TPSA) is 99.5 Å². The summed E-state index contributed by atoms with van der Waals surface area (Å²) in [6, 6.07) is 6.78. The summed E-state index contributed by atoms with van der Waals surface area (Å²) < 4.78 is 14.7. The molecule has 1 aliphatic rings. The molecule has 1 aliphatic carbocycles. The molecule has 3 N–H and O–H groups in total. The average molecular weight is 359 g/mol. The van der Waals surface area contributed by atoms with Gasteiger partial charge in [-0.25, -0.2) is 4.57 Å². The number of nitrogens with zero attached hydrogens (tertiary/aromatic N) is 1. The Morgan fingerprint density at radius 3 is 2.25 bits per heavy atom. The SMILES string of the molecule is CN(C)CC(c1ccc(OOP(=O)(O)O)cc1)C1(O)CCCCC1. The number of likely N-dealkylation sites (N-methyl/N-ethyl adjacent to an activating group) is 1. The number of rotatable bonds is 7. The fourth-order valence-corrected chi connectivity index (χ4v) is 3.49. The molecule has 1 fully saturated rings. The fraction of sp³-hybridized carbons (Fsp3) is 0.625. The maximum atomic E-state index is 11.1. The van der Waals surface area contributed by atoms with Gasteiger partial charge in [0.25, 0.3) is 0 Å². The second-order valence-corrected chi connectivity index (χ2v) is 7.83. The zero-order chi connectivity index (χ0) is 17.8. The summed E-state index contributed by atoms with van der Waals surface area (Å²) in [5, 5.41) is 11.1. The third kappa shape index (κ3) is 5.55. The summed E-state index contributed by atoms with van der Waals surface area (Å²) in [6.07, 6.45) is 4.77. The molecular weight excluding hydrogens is 333 g/mol. The molecule has 1 aromatic carbocycles. The van der Waals surface area contributed by atoms with Crippen LogP contribution in [-0.2, 0) is 9.24 Å².